The smallest absolute Gasteiger partial charge is 0.243 e. The Hall–Kier alpha value is -2.23. The average molecular weight is 516 g/mol. The molecule has 3 heterocycles. The first-order chi connectivity index (χ1) is 16.8. The maximum atomic E-state index is 13.4. The highest BCUT2D eigenvalue weighted by Crippen LogP contribution is 2.38. The summed E-state index contributed by atoms with van der Waals surface area (Å²) in [6.45, 7) is 3.31. The van der Waals surface area contributed by atoms with Gasteiger partial charge < -0.3 is 10.2 Å². The van der Waals surface area contributed by atoms with Gasteiger partial charge >= 0.3 is 0 Å². The Morgan fingerprint density at radius 1 is 1.09 bits per heavy atom. The van der Waals surface area contributed by atoms with Crippen LogP contribution in [0.15, 0.2) is 40.6 Å². The molecule has 1 aliphatic carbocycles. The number of carbonyl (C=O) groups excluding carboxylic acids is 2. The van der Waals surface area contributed by atoms with Gasteiger partial charge in [-0.2, -0.15) is 4.31 Å². The molecule has 5 rings (SSSR count). The Morgan fingerprint density at radius 3 is 2.51 bits per heavy atom. The number of hydrogen-bond acceptors (Lipinski definition) is 5. The quantitative estimate of drug-likeness (QED) is 0.611. The number of piperidine rings is 1. The van der Waals surface area contributed by atoms with Crippen molar-refractivity contribution in [2.45, 2.75) is 62.8 Å². The Kier molecular flexibility index (Phi) is 7.01. The van der Waals surface area contributed by atoms with Crippen LogP contribution in [0.5, 0.6) is 0 Å². The third-order valence-electron chi connectivity index (χ3n) is 7.67. The van der Waals surface area contributed by atoms with Crippen molar-refractivity contribution < 1.29 is 18.0 Å². The molecule has 3 aliphatic rings. The van der Waals surface area contributed by atoms with E-state index in [2.05, 4.69) is 11.4 Å². The second kappa shape index (κ2) is 10.0. The molecular formula is C26H33N3O4S2. The lowest BCUT2D eigenvalue weighted by Gasteiger charge is -2.32. The molecule has 9 heteroatoms. The molecule has 2 fully saturated rings. The van der Waals surface area contributed by atoms with Crippen molar-refractivity contribution in [1.29, 1.82) is 0 Å². The third-order valence-corrected chi connectivity index (χ3v) is 10.5. The van der Waals surface area contributed by atoms with Crippen LogP contribution in [-0.2, 0) is 32.5 Å². The lowest BCUT2D eigenvalue weighted by atomic mass is 9.84. The fraction of sp³-hybridized carbons (Fsp3) is 0.538. The van der Waals surface area contributed by atoms with Gasteiger partial charge in [-0.05, 0) is 80.7 Å². The van der Waals surface area contributed by atoms with Crippen LogP contribution < -0.4 is 10.2 Å². The predicted molar refractivity (Wildman–Crippen MR) is 137 cm³/mol. The van der Waals surface area contributed by atoms with Crippen molar-refractivity contribution in [1.82, 2.24) is 9.62 Å². The van der Waals surface area contributed by atoms with E-state index in [1.807, 2.05) is 23.3 Å². The number of benzene rings is 1. The first-order valence-electron chi connectivity index (χ1n) is 12.6. The molecule has 1 saturated carbocycles. The van der Waals surface area contributed by atoms with E-state index in [0.717, 1.165) is 36.9 Å². The Labute approximate surface area is 211 Å². The topological polar surface area (TPSA) is 86.8 Å². The molecule has 0 bridgehead atoms. The van der Waals surface area contributed by atoms with Crippen LogP contribution >= 0.6 is 11.3 Å². The maximum absolute atomic E-state index is 13.4. The number of rotatable bonds is 7. The zero-order valence-corrected chi connectivity index (χ0v) is 21.7. The molecule has 1 aromatic carbocycles. The van der Waals surface area contributed by atoms with Crippen LogP contribution in [-0.4, -0.2) is 50.2 Å². The number of anilines is 1. The number of amides is 2. The van der Waals surface area contributed by atoms with Crippen LogP contribution in [0.2, 0.25) is 0 Å². The summed E-state index contributed by atoms with van der Waals surface area (Å²) in [7, 11) is -3.64. The van der Waals surface area contributed by atoms with Crippen molar-refractivity contribution in [3.05, 3.63) is 46.2 Å². The minimum absolute atomic E-state index is 0.0151. The summed E-state index contributed by atoms with van der Waals surface area (Å²) in [5.41, 5.74) is 1.78. The molecule has 0 spiro atoms. The lowest BCUT2D eigenvalue weighted by Crippen LogP contribution is -2.43. The van der Waals surface area contributed by atoms with Gasteiger partial charge in [0.15, 0.2) is 0 Å². The maximum Gasteiger partial charge on any atom is 0.243 e. The van der Waals surface area contributed by atoms with Crippen molar-refractivity contribution in [2.75, 3.05) is 24.5 Å². The molecular weight excluding hydrogens is 482 g/mol. The first kappa shape index (κ1) is 24.5. The van der Waals surface area contributed by atoms with Crippen LogP contribution in [0.4, 0.5) is 5.69 Å². The predicted octanol–water partition coefficient (Wildman–Crippen LogP) is 3.59. The van der Waals surface area contributed by atoms with Crippen LogP contribution in [0.3, 0.4) is 0 Å². The van der Waals surface area contributed by atoms with E-state index in [1.165, 1.54) is 9.18 Å². The summed E-state index contributed by atoms with van der Waals surface area (Å²) in [5.74, 6) is 0.146. The highest BCUT2D eigenvalue weighted by molar-refractivity contribution is 7.89. The van der Waals surface area contributed by atoms with E-state index in [0.29, 0.717) is 38.9 Å². The summed E-state index contributed by atoms with van der Waals surface area (Å²) in [4.78, 5) is 28.9. The van der Waals surface area contributed by atoms with E-state index >= 15 is 0 Å². The summed E-state index contributed by atoms with van der Waals surface area (Å²) < 4.78 is 28.2. The Morgan fingerprint density at radius 2 is 1.86 bits per heavy atom. The normalized spacial score (nSPS) is 21.5. The third kappa shape index (κ3) is 4.90. The molecule has 35 heavy (non-hydrogen) atoms. The minimum atomic E-state index is -3.64. The molecule has 2 aliphatic heterocycles. The van der Waals surface area contributed by atoms with E-state index in [1.54, 1.807) is 29.5 Å². The molecule has 2 amide bonds. The number of nitrogens with zero attached hydrogens (tertiary/aromatic N) is 2. The number of hydrogen-bond donors (Lipinski definition) is 1. The fourth-order valence-electron chi connectivity index (χ4n) is 5.37. The van der Waals surface area contributed by atoms with Crippen molar-refractivity contribution in [3.8, 4) is 0 Å². The van der Waals surface area contributed by atoms with Gasteiger partial charge in [-0.15, -0.1) is 11.3 Å². The summed E-state index contributed by atoms with van der Waals surface area (Å²) in [6.07, 6.45) is 5.54. The molecule has 188 valence electrons. The van der Waals surface area contributed by atoms with Crippen molar-refractivity contribution >= 4 is 38.9 Å². The largest absolute Gasteiger partial charge is 0.355 e. The van der Waals surface area contributed by atoms with Crippen LogP contribution in [0.1, 0.15) is 49.5 Å². The van der Waals surface area contributed by atoms with Gasteiger partial charge in [0, 0.05) is 48.1 Å². The first-order valence-corrected chi connectivity index (χ1v) is 14.9. The summed E-state index contributed by atoms with van der Waals surface area (Å²) in [5, 5.41) is 5.03. The standard InChI is InChI=1S/C26H33N3O4S2/c1-18-16-21-17-23(7-8-24(21)29(18)26(31)20-4-2-5-20)35(32,33)28-13-10-19(11-14-28)25(30)27-12-9-22-6-3-15-34-22/h3,6-8,15,17-20H,2,4-5,9-14,16H2,1H3,(H,27,30)/t18-/m1/s1. The molecule has 1 N–H and O–H groups in total. The Bertz CT molecular complexity index is 1180. The van der Waals surface area contributed by atoms with Crippen molar-refractivity contribution in [3.63, 3.8) is 0 Å². The SMILES string of the molecule is C[C@@H]1Cc2cc(S(=O)(=O)N3CCC(C(=O)NCCc4cccs4)CC3)ccc2N1C(=O)C1CCC1. The van der Waals surface area contributed by atoms with Gasteiger partial charge in [0.05, 0.1) is 4.90 Å². The van der Waals surface area contributed by atoms with E-state index in [9.17, 15) is 18.0 Å². The fourth-order valence-corrected chi connectivity index (χ4v) is 7.60. The number of carbonyl (C=O) groups is 2. The monoisotopic (exact) mass is 515 g/mol. The van der Waals surface area contributed by atoms with E-state index in [4.69, 9.17) is 0 Å². The zero-order valence-electron chi connectivity index (χ0n) is 20.1. The second-order valence-corrected chi connectivity index (χ2v) is 12.9. The number of thiophene rings is 1. The molecule has 7 nitrogen and oxygen atoms in total. The minimum Gasteiger partial charge on any atom is -0.355 e. The van der Waals surface area contributed by atoms with Crippen LogP contribution in [0.25, 0.3) is 0 Å². The summed E-state index contributed by atoms with van der Waals surface area (Å²) >= 11 is 1.68. The molecule has 0 unspecified atom stereocenters. The zero-order chi connectivity index (χ0) is 24.6. The lowest BCUT2D eigenvalue weighted by molar-refractivity contribution is -0.126. The molecule has 1 saturated heterocycles. The van der Waals surface area contributed by atoms with Gasteiger partial charge in [-0.1, -0.05) is 12.5 Å². The van der Waals surface area contributed by atoms with E-state index in [-0.39, 0.29) is 34.6 Å². The van der Waals surface area contributed by atoms with Gasteiger partial charge in [0.25, 0.3) is 0 Å². The van der Waals surface area contributed by atoms with Gasteiger partial charge in [-0.3, -0.25) is 9.59 Å². The van der Waals surface area contributed by atoms with Crippen molar-refractivity contribution in [2.24, 2.45) is 11.8 Å². The number of fused-ring (bicyclic) bond motifs is 1. The molecule has 1 aromatic heterocycles. The van der Waals surface area contributed by atoms with Crippen LogP contribution in [0, 0.1) is 11.8 Å². The highest BCUT2D eigenvalue weighted by Gasteiger charge is 2.38. The van der Waals surface area contributed by atoms with Gasteiger partial charge in [0.1, 0.15) is 0 Å². The number of sulfonamides is 1. The molecule has 1 atom stereocenters. The van der Waals surface area contributed by atoms with E-state index < -0.39 is 10.0 Å². The van der Waals surface area contributed by atoms with Gasteiger partial charge in [0.2, 0.25) is 21.8 Å². The van der Waals surface area contributed by atoms with Gasteiger partial charge in [-0.25, -0.2) is 8.42 Å². The number of nitrogens with one attached hydrogen (secondary N) is 1. The second-order valence-electron chi connectivity index (χ2n) is 9.98. The molecule has 0 radical (unpaired) electrons. The average Bonchev–Trinajstić information content (AvgIpc) is 3.44. The summed E-state index contributed by atoms with van der Waals surface area (Å²) in [6, 6.07) is 9.30. The highest BCUT2D eigenvalue weighted by atomic mass is 32.2. The molecule has 2 aromatic rings. The Balaban J connectivity index is 1.19.